The molecule has 9 heteroatoms. The van der Waals surface area contributed by atoms with E-state index in [0.717, 1.165) is 16.1 Å². The van der Waals surface area contributed by atoms with Crippen LogP contribution in [0.2, 0.25) is 5.02 Å². The molecule has 0 heterocycles. The molecule has 192 valence electrons. The molecule has 35 heavy (non-hydrogen) atoms. The maximum Gasteiger partial charge on any atom is 0.244 e. The minimum Gasteiger partial charge on any atom is -0.350 e. The molecule has 7 nitrogen and oxygen atoms in total. The summed E-state index contributed by atoms with van der Waals surface area (Å²) in [6, 6.07) is 13.7. The fourth-order valence-corrected chi connectivity index (χ4v) is 4.98. The zero-order chi connectivity index (χ0) is 26.4. The topological polar surface area (TPSA) is 86.8 Å². The average molecular weight is 522 g/mol. The van der Waals surface area contributed by atoms with Gasteiger partial charge in [0.25, 0.3) is 0 Å². The number of amides is 2. The number of benzene rings is 2. The molecule has 0 aromatic heterocycles. The number of hydrogen-bond acceptors (Lipinski definition) is 4. The second kappa shape index (κ2) is 11.9. The Balaban J connectivity index is 2.41. The van der Waals surface area contributed by atoms with Crippen LogP contribution >= 0.6 is 11.6 Å². The predicted octanol–water partition coefficient (Wildman–Crippen LogP) is 4.18. The molecule has 0 aliphatic heterocycles. The van der Waals surface area contributed by atoms with Crippen molar-refractivity contribution in [3.8, 4) is 0 Å². The van der Waals surface area contributed by atoms with Crippen molar-refractivity contribution in [2.45, 2.75) is 59.0 Å². The highest BCUT2D eigenvalue weighted by Gasteiger charge is 2.33. The molecule has 0 saturated heterocycles. The predicted molar refractivity (Wildman–Crippen MR) is 142 cm³/mol. The van der Waals surface area contributed by atoms with Gasteiger partial charge in [-0.25, -0.2) is 8.42 Å². The zero-order valence-electron chi connectivity index (χ0n) is 21.3. The Morgan fingerprint density at radius 3 is 2.23 bits per heavy atom. The van der Waals surface area contributed by atoms with Gasteiger partial charge in [-0.1, -0.05) is 48.9 Å². The van der Waals surface area contributed by atoms with Gasteiger partial charge in [0.1, 0.15) is 12.6 Å². The Kier molecular flexibility index (Phi) is 9.75. The first-order valence-corrected chi connectivity index (χ1v) is 13.8. The molecule has 1 N–H and O–H groups in total. The summed E-state index contributed by atoms with van der Waals surface area (Å²) in [6.45, 7) is 9.06. The standard InChI is InChI=1S/C26H36ClN3O4S/c1-7-22(25(32)28-26(3,4)5)29(16-15-20-11-9-8-10-12-20)24(31)18-30(35(6,33)34)23-14-13-21(27)17-19(23)2/h8-14,17,22H,7,15-16,18H2,1-6H3,(H,28,32)/t22-/m1/s1. The molecule has 0 aliphatic carbocycles. The molecule has 2 aromatic rings. The number of rotatable bonds is 10. The number of halogens is 1. The van der Waals surface area contributed by atoms with Crippen molar-refractivity contribution in [1.82, 2.24) is 10.2 Å². The van der Waals surface area contributed by atoms with Crippen molar-refractivity contribution in [2.24, 2.45) is 0 Å². The highest BCUT2D eigenvalue weighted by Crippen LogP contribution is 2.26. The van der Waals surface area contributed by atoms with Gasteiger partial charge in [-0.2, -0.15) is 0 Å². The Morgan fingerprint density at radius 1 is 1.09 bits per heavy atom. The second-order valence-corrected chi connectivity index (χ2v) is 12.0. The van der Waals surface area contributed by atoms with Crippen molar-refractivity contribution in [2.75, 3.05) is 23.7 Å². The highest BCUT2D eigenvalue weighted by atomic mass is 35.5. The third-order valence-electron chi connectivity index (χ3n) is 5.48. The summed E-state index contributed by atoms with van der Waals surface area (Å²) in [6.07, 6.45) is 1.98. The van der Waals surface area contributed by atoms with Gasteiger partial charge >= 0.3 is 0 Å². The molecule has 0 aliphatic rings. The molecule has 0 fully saturated rings. The van der Waals surface area contributed by atoms with Crippen LogP contribution in [0.25, 0.3) is 0 Å². The smallest absolute Gasteiger partial charge is 0.244 e. The Labute approximate surface area is 214 Å². The van der Waals surface area contributed by atoms with Crippen molar-refractivity contribution >= 4 is 39.1 Å². The van der Waals surface area contributed by atoms with E-state index in [0.29, 0.717) is 29.1 Å². The van der Waals surface area contributed by atoms with Gasteiger partial charge in [0.05, 0.1) is 11.9 Å². The molecule has 2 amide bonds. The van der Waals surface area contributed by atoms with E-state index in [4.69, 9.17) is 11.6 Å². The van der Waals surface area contributed by atoms with Gasteiger partial charge < -0.3 is 10.2 Å². The lowest BCUT2D eigenvalue weighted by atomic mass is 10.1. The van der Waals surface area contributed by atoms with Crippen molar-refractivity contribution < 1.29 is 18.0 Å². The Bertz CT molecular complexity index is 1130. The molecule has 0 spiro atoms. The minimum atomic E-state index is -3.79. The highest BCUT2D eigenvalue weighted by molar-refractivity contribution is 7.92. The summed E-state index contributed by atoms with van der Waals surface area (Å²) in [5, 5.41) is 3.43. The quantitative estimate of drug-likeness (QED) is 0.508. The van der Waals surface area contributed by atoms with E-state index in [1.807, 2.05) is 58.0 Å². The van der Waals surface area contributed by atoms with Crippen molar-refractivity contribution in [3.05, 3.63) is 64.7 Å². The molecule has 1 atom stereocenters. The number of nitrogens with zero attached hydrogens (tertiary/aromatic N) is 2. The molecule has 0 saturated carbocycles. The van der Waals surface area contributed by atoms with Crippen LogP contribution in [0.1, 0.15) is 45.2 Å². The van der Waals surface area contributed by atoms with Gasteiger partial charge in [-0.3, -0.25) is 13.9 Å². The number of carbonyl (C=O) groups excluding carboxylic acids is 2. The van der Waals surface area contributed by atoms with E-state index in [-0.39, 0.29) is 12.5 Å². The van der Waals surface area contributed by atoms with E-state index in [2.05, 4.69) is 5.32 Å². The maximum atomic E-state index is 13.7. The Morgan fingerprint density at radius 2 is 1.71 bits per heavy atom. The monoisotopic (exact) mass is 521 g/mol. The van der Waals surface area contributed by atoms with Crippen molar-refractivity contribution in [3.63, 3.8) is 0 Å². The molecule has 2 aromatic carbocycles. The normalized spacial score (nSPS) is 12.7. The lowest BCUT2D eigenvalue weighted by molar-refractivity contribution is -0.140. The van der Waals surface area contributed by atoms with E-state index in [1.165, 1.54) is 4.90 Å². The number of nitrogens with one attached hydrogen (secondary N) is 1. The third-order valence-corrected chi connectivity index (χ3v) is 6.84. The molecule has 2 rings (SSSR count). The van der Waals surface area contributed by atoms with Crippen LogP contribution in [0, 0.1) is 6.92 Å². The van der Waals surface area contributed by atoms with Crippen LogP contribution in [0.5, 0.6) is 0 Å². The third kappa shape index (κ3) is 8.54. The summed E-state index contributed by atoms with van der Waals surface area (Å²) < 4.78 is 26.5. The first-order chi connectivity index (χ1) is 16.2. The number of hydrogen-bond donors (Lipinski definition) is 1. The number of carbonyl (C=O) groups is 2. The molecular weight excluding hydrogens is 486 g/mol. The maximum absolute atomic E-state index is 13.7. The fraction of sp³-hybridized carbons (Fsp3) is 0.462. The second-order valence-electron chi connectivity index (χ2n) is 9.69. The summed E-state index contributed by atoms with van der Waals surface area (Å²) in [5.41, 5.74) is 1.55. The molecule has 0 unspecified atom stereocenters. The van der Waals surface area contributed by atoms with Gasteiger partial charge in [-0.05, 0) is 69.9 Å². The van der Waals surface area contributed by atoms with Gasteiger partial charge in [0, 0.05) is 17.1 Å². The van der Waals surface area contributed by atoms with Gasteiger partial charge in [-0.15, -0.1) is 0 Å². The molecular formula is C26H36ClN3O4S. The summed E-state index contributed by atoms with van der Waals surface area (Å²) in [7, 11) is -3.79. The van der Waals surface area contributed by atoms with Crippen LogP contribution in [0.4, 0.5) is 5.69 Å². The molecule has 0 bridgehead atoms. The SMILES string of the molecule is CC[C@H](C(=O)NC(C)(C)C)N(CCc1ccccc1)C(=O)CN(c1ccc(Cl)cc1C)S(C)(=O)=O. The van der Waals surface area contributed by atoms with Gasteiger partial charge in [0.2, 0.25) is 21.8 Å². The van der Waals surface area contributed by atoms with Crippen LogP contribution in [0.3, 0.4) is 0 Å². The van der Waals surface area contributed by atoms with E-state index in [1.54, 1.807) is 25.1 Å². The van der Waals surface area contributed by atoms with E-state index >= 15 is 0 Å². The molecule has 0 radical (unpaired) electrons. The zero-order valence-corrected chi connectivity index (χ0v) is 22.9. The number of anilines is 1. The number of sulfonamides is 1. The minimum absolute atomic E-state index is 0.269. The van der Waals surface area contributed by atoms with Crippen LogP contribution in [0.15, 0.2) is 48.5 Å². The van der Waals surface area contributed by atoms with Gasteiger partial charge in [0.15, 0.2) is 0 Å². The lowest BCUT2D eigenvalue weighted by Crippen LogP contribution is -2.56. The summed E-state index contributed by atoms with van der Waals surface area (Å²) in [4.78, 5) is 28.3. The lowest BCUT2D eigenvalue weighted by Gasteiger charge is -2.34. The first-order valence-electron chi connectivity index (χ1n) is 11.6. The van der Waals surface area contributed by atoms with E-state index < -0.39 is 34.1 Å². The van der Waals surface area contributed by atoms with Crippen molar-refractivity contribution in [1.29, 1.82) is 0 Å². The average Bonchev–Trinajstić information content (AvgIpc) is 2.74. The summed E-state index contributed by atoms with van der Waals surface area (Å²) in [5.74, 6) is -0.716. The van der Waals surface area contributed by atoms with Crippen LogP contribution < -0.4 is 9.62 Å². The Hall–Kier alpha value is -2.58. The first kappa shape index (κ1) is 28.7. The fourth-order valence-electron chi connectivity index (χ4n) is 3.84. The van der Waals surface area contributed by atoms with E-state index in [9.17, 15) is 18.0 Å². The summed E-state index contributed by atoms with van der Waals surface area (Å²) >= 11 is 6.05. The van der Waals surface area contributed by atoms with Crippen LogP contribution in [-0.4, -0.2) is 56.1 Å². The largest absolute Gasteiger partial charge is 0.350 e. The number of aryl methyl sites for hydroxylation is 1. The van der Waals surface area contributed by atoms with Crippen LogP contribution in [-0.2, 0) is 26.0 Å².